The van der Waals surface area contributed by atoms with Crippen LogP contribution in [0.4, 0.5) is 10.5 Å². The number of ether oxygens (including phenoxy) is 2. The fourth-order valence-corrected chi connectivity index (χ4v) is 3.82. The summed E-state index contributed by atoms with van der Waals surface area (Å²) in [5, 5.41) is 14.5. The summed E-state index contributed by atoms with van der Waals surface area (Å²) in [6, 6.07) is 6.66. The zero-order chi connectivity index (χ0) is 21.6. The van der Waals surface area contributed by atoms with Crippen molar-refractivity contribution in [2.75, 3.05) is 6.79 Å². The van der Waals surface area contributed by atoms with Crippen molar-refractivity contribution in [2.24, 2.45) is 0 Å². The van der Waals surface area contributed by atoms with Crippen molar-refractivity contribution in [2.45, 2.75) is 25.6 Å². The second-order valence-corrected chi connectivity index (χ2v) is 7.85. The predicted octanol–water partition coefficient (Wildman–Crippen LogP) is 3.74. The fraction of sp³-hybridized carbons (Fsp3) is 0.263. The molecular weight excluding hydrogens is 437 g/mol. The molecule has 0 bridgehead atoms. The molecule has 2 aliphatic rings. The number of halogens is 2. The molecule has 0 aliphatic carbocycles. The van der Waals surface area contributed by atoms with Crippen molar-refractivity contribution >= 4 is 40.8 Å². The minimum atomic E-state index is -1.37. The lowest BCUT2D eigenvalue weighted by atomic mass is 9.92. The lowest BCUT2D eigenvalue weighted by Gasteiger charge is -2.24. The first kappa shape index (κ1) is 20.4. The van der Waals surface area contributed by atoms with Gasteiger partial charge in [-0.15, -0.1) is 0 Å². The van der Waals surface area contributed by atoms with E-state index in [9.17, 15) is 19.7 Å². The molecule has 2 aliphatic heterocycles. The topological polar surface area (TPSA) is 111 Å². The van der Waals surface area contributed by atoms with Gasteiger partial charge in [0.1, 0.15) is 11.3 Å². The molecule has 2 aromatic rings. The minimum Gasteiger partial charge on any atom is -0.467 e. The molecule has 30 heavy (non-hydrogen) atoms. The summed E-state index contributed by atoms with van der Waals surface area (Å²) in [6.45, 7) is 1.45. The Bertz CT molecular complexity index is 1090. The number of nitrogens with one attached hydrogen (secondary N) is 1. The van der Waals surface area contributed by atoms with Crippen LogP contribution in [0.2, 0.25) is 10.0 Å². The Morgan fingerprint density at radius 3 is 2.70 bits per heavy atom. The van der Waals surface area contributed by atoms with Crippen LogP contribution in [0, 0.1) is 10.1 Å². The summed E-state index contributed by atoms with van der Waals surface area (Å²) in [5.41, 5.74) is -0.273. The average Bonchev–Trinajstić information content (AvgIpc) is 2.93. The molecule has 1 saturated heterocycles. The summed E-state index contributed by atoms with van der Waals surface area (Å²) in [6.07, 6.45) is 0. The molecular formula is C19H15Cl2N3O6. The smallest absolute Gasteiger partial charge is 0.325 e. The van der Waals surface area contributed by atoms with Crippen molar-refractivity contribution < 1.29 is 24.0 Å². The number of hydrogen-bond acceptors (Lipinski definition) is 6. The second kappa shape index (κ2) is 7.42. The summed E-state index contributed by atoms with van der Waals surface area (Å²) in [4.78, 5) is 37.6. The van der Waals surface area contributed by atoms with Gasteiger partial charge in [0.25, 0.3) is 11.6 Å². The van der Waals surface area contributed by atoms with Crippen molar-refractivity contribution in [3.8, 4) is 5.75 Å². The summed E-state index contributed by atoms with van der Waals surface area (Å²) >= 11 is 12.0. The molecule has 1 atom stereocenters. The maximum absolute atomic E-state index is 13.2. The Morgan fingerprint density at radius 2 is 2.00 bits per heavy atom. The van der Waals surface area contributed by atoms with E-state index in [-0.39, 0.29) is 30.7 Å². The number of imide groups is 1. The van der Waals surface area contributed by atoms with Crippen LogP contribution in [0.5, 0.6) is 5.75 Å². The molecule has 156 valence electrons. The molecule has 1 unspecified atom stereocenters. The average molecular weight is 452 g/mol. The number of amides is 3. The zero-order valence-corrected chi connectivity index (χ0v) is 17.1. The normalized spacial score (nSPS) is 20.6. The monoisotopic (exact) mass is 451 g/mol. The van der Waals surface area contributed by atoms with E-state index >= 15 is 0 Å². The highest BCUT2D eigenvalue weighted by atomic mass is 35.5. The molecule has 0 saturated carbocycles. The van der Waals surface area contributed by atoms with Gasteiger partial charge in [0.15, 0.2) is 6.79 Å². The largest absolute Gasteiger partial charge is 0.467 e. The van der Waals surface area contributed by atoms with Gasteiger partial charge in [-0.3, -0.25) is 19.8 Å². The maximum Gasteiger partial charge on any atom is 0.325 e. The number of non-ortho nitro benzene ring substituents is 1. The van der Waals surface area contributed by atoms with Crippen molar-refractivity contribution in [3.63, 3.8) is 0 Å². The number of urea groups is 1. The number of rotatable bonds is 4. The molecule has 2 heterocycles. The Kier molecular flexibility index (Phi) is 5.05. The number of hydrogen-bond donors (Lipinski definition) is 1. The van der Waals surface area contributed by atoms with Crippen molar-refractivity contribution in [1.82, 2.24) is 10.2 Å². The van der Waals surface area contributed by atoms with Crippen LogP contribution in [0.15, 0.2) is 30.3 Å². The van der Waals surface area contributed by atoms with Gasteiger partial charge < -0.3 is 14.8 Å². The van der Waals surface area contributed by atoms with E-state index in [1.165, 1.54) is 24.3 Å². The standard InChI is InChI=1S/C19H15Cl2N3O6/c1-19(12-2-3-14(20)15(21)6-12)17(25)23(18(26)22-19)7-10-4-13(24(27)28)5-11-8-29-9-30-16(10)11/h2-6H,7-9H2,1H3,(H,22,26). The molecule has 1 fully saturated rings. The molecule has 1 N–H and O–H groups in total. The molecule has 2 aromatic carbocycles. The van der Waals surface area contributed by atoms with Crippen LogP contribution < -0.4 is 10.1 Å². The van der Waals surface area contributed by atoms with Crippen LogP contribution >= 0.6 is 23.2 Å². The van der Waals surface area contributed by atoms with Gasteiger partial charge in [-0.25, -0.2) is 4.79 Å². The van der Waals surface area contributed by atoms with Gasteiger partial charge in [-0.1, -0.05) is 29.3 Å². The predicted molar refractivity (Wildman–Crippen MR) is 106 cm³/mol. The number of carbonyl (C=O) groups is 2. The molecule has 0 spiro atoms. The van der Waals surface area contributed by atoms with E-state index in [0.29, 0.717) is 27.5 Å². The zero-order valence-electron chi connectivity index (χ0n) is 15.6. The number of carbonyl (C=O) groups excluding carboxylic acids is 2. The highest BCUT2D eigenvalue weighted by molar-refractivity contribution is 6.42. The molecule has 4 rings (SSSR count). The minimum absolute atomic E-state index is 0.0288. The third-order valence-electron chi connectivity index (χ3n) is 5.08. The molecule has 9 nitrogen and oxygen atoms in total. The molecule has 0 aromatic heterocycles. The first-order valence-electron chi connectivity index (χ1n) is 8.81. The van der Waals surface area contributed by atoms with Crippen molar-refractivity contribution in [1.29, 1.82) is 0 Å². The van der Waals surface area contributed by atoms with E-state index < -0.39 is 22.4 Å². The SMILES string of the molecule is CC1(c2ccc(Cl)c(Cl)c2)NC(=O)N(Cc2cc([N+](=O)[O-])cc3c2OCOC3)C1=O. The molecule has 0 radical (unpaired) electrons. The van der Waals surface area contributed by atoms with Crippen LogP contribution in [-0.2, 0) is 28.2 Å². The van der Waals surface area contributed by atoms with Crippen LogP contribution in [-0.4, -0.2) is 28.6 Å². The van der Waals surface area contributed by atoms with Crippen LogP contribution in [0.3, 0.4) is 0 Å². The van der Waals surface area contributed by atoms with Gasteiger partial charge in [-0.2, -0.15) is 0 Å². The third kappa shape index (κ3) is 3.34. The fourth-order valence-electron chi connectivity index (χ4n) is 3.52. The number of fused-ring (bicyclic) bond motifs is 1. The Balaban J connectivity index is 1.70. The van der Waals surface area contributed by atoms with E-state index in [0.717, 1.165) is 4.90 Å². The number of nitrogens with zero attached hydrogens (tertiary/aromatic N) is 2. The van der Waals surface area contributed by atoms with E-state index in [1.807, 2.05) is 0 Å². The van der Waals surface area contributed by atoms with Gasteiger partial charge in [0.2, 0.25) is 0 Å². The van der Waals surface area contributed by atoms with E-state index in [1.54, 1.807) is 13.0 Å². The summed E-state index contributed by atoms with van der Waals surface area (Å²) in [7, 11) is 0. The third-order valence-corrected chi connectivity index (χ3v) is 5.82. The first-order chi connectivity index (χ1) is 14.2. The number of benzene rings is 2. The maximum atomic E-state index is 13.2. The summed E-state index contributed by atoms with van der Waals surface area (Å²) < 4.78 is 10.7. The van der Waals surface area contributed by atoms with Crippen LogP contribution in [0.1, 0.15) is 23.6 Å². The Hall–Kier alpha value is -2.88. The summed E-state index contributed by atoms with van der Waals surface area (Å²) in [5.74, 6) is -0.159. The van der Waals surface area contributed by atoms with Gasteiger partial charge in [-0.05, 0) is 24.6 Å². The molecule has 3 amide bonds. The van der Waals surface area contributed by atoms with E-state index in [4.69, 9.17) is 32.7 Å². The first-order valence-corrected chi connectivity index (χ1v) is 9.56. The highest BCUT2D eigenvalue weighted by Gasteiger charge is 2.49. The van der Waals surface area contributed by atoms with E-state index in [2.05, 4.69) is 5.32 Å². The van der Waals surface area contributed by atoms with Gasteiger partial charge in [0, 0.05) is 23.3 Å². The number of nitro groups is 1. The number of nitro benzene ring substituents is 1. The highest BCUT2D eigenvalue weighted by Crippen LogP contribution is 2.37. The quantitative estimate of drug-likeness (QED) is 0.430. The Labute approximate surface area is 180 Å². The van der Waals surface area contributed by atoms with Crippen molar-refractivity contribution in [3.05, 3.63) is 67.2 Å². The lowest BCUT2D eigenvalue weighted by Crippen LogP contribution is -2.40. The van der Waals surface area contributed by atoms with Crippen LogP contribution in [0.25, 0.3) is 0 Å². The van der Waals surface area contributed by atoms with Gasteiger partial charge >= 0.3 is 6.03 Å². The lowest BCUT2D eigenvalue weighted by molar-refractivity contribution is -0.385. The Morgan fingerprint density at radius 1 is 1.23 bits per heavy atom. The van der Waals surface area contributed by atoms with Gasteiger partial charge in [0.05, 0.1) is 28.1 Å². The second-order valence-electron chi connectivity index (χ2n) is 7.04. The molecule has 11 heteroatoms.